The number of rotatable bonds is 8. The highest BCUT2D eigenvalue weighted by atomic mass is 32.2. The van der Waals surface area contributed by atoms with Crippen molar-refractivity contribution in [2.24, 2.45) is 0 Å². The number of esters is 1. The van der Waals surface area contributed by atoms with Crippen LogP contribution in [0.3, 0.4) is 0 Å². The number of hydrogen-bond acceptors (Lipinski definition) is 4. The quantitative estimate of drug-likeness (QED) is 0.535. The number of ether oxygens (including phenoxy) is 1. The van der Waals surface area contributed by atoms with Crippen LogP contribution in [0.25, 0.3) is 0 Å². The molecule has 0 aliphatic heterocycles. The van der Waals surface area contributed by atoms with Gasteiger partial charge in [0.15, 0.2) is 0 Å². The molecule has 0 amide bonds. The van der Waals surface area contributed by atoms with Crippen LogP contribution >= 0.6 is 11.8 Å². The van der Waals surface area contributed by atoms with E-state index >= 15 is 0 Å². The number of hydrogen-bond donors (Lipinski definition) is 0. The monoisotopic (exact) mass is 267 g/mol. The van der Waals surface area contributed by atoms with Gasteiger partial charge in [-0.25, -0.2) is 0 Å². The van der Waals surface area contributed by atoms with Crippen LogP contribution in [0.15, 0.2) is 35.2 Å². The second-order valence-electron chi connectivity index (χ2n) is 3.84. The molecule has 0 aliphatic carbocycles. The Bertz CT molecular complexity index is 343. The van der Waals surface area contributed by atoms with E-state index in [0.717, 1.165) is 18.8 Å². The van der Waals surface area contributed by atoms with Gasteiger partial charge in [0.05, 0.1) is 13.2 Å². The molecule has 0 saturated heterocycles. The van der Waals surface area contributed by atoms with Crippen molar-refractivity contribution < 1.29 is 9.53 Å². The van der Waals surface area contributed by atoms with Gasteiger partial charge in [-0.1, -0.05) is 25.1 Å². The lowest BCUT2D eigenvalue weighted by atomic mass is 10.4. The molecule has 0 radical (unpaired) electrons. The Morgan fingerprint density at radius 1 is 1.28 bits per heavy atom. The Balaban J connectivity index is 2.25. The maximum absolute atomic E-state index is 11.4. The molecule has 0 spiro atoms. The van der Waals surface area contributed by atoms with Crippen LogP contribution in [-0.4, -0.2) is 42.9 Å². The highest BCUT2D eigenvalue weighted by molar-refractivity contribution is 7.99. The molecule has 1 aromatic carbocycles. The first-order valence-corrected chi connectivity index (χ1v) is 7.30. The molecule has 0 atom stereocenters. The molecule has 100 valence electrons. The first kappa shape index (κ1) is 15.1. The molecular formula is C14H21NO2S. The lowest BCUT2D eigenvalue weighted by Crippen LogP contribution is -2.32. The van der Waals surface area contributed by atoms with E-state index in [9.17, 15) is 4.79 Å². The third-order valence-electron chi connectivity index (χ3n) is 2.52. The number of thioether (sulfide) groups is 1. The van der Waals surface area contributed by atoms with Crippen molar-refractivity contribution in [2.75, 3.05) is 32.0 Å². The molecule has 1 rings (SSSR count). The highest BCUT2D eigenvalue weighted by Gasteiger charge is 2.09. The zero-order chi connectivity index (χ0) is 13.2. The molecule has 3 nitrogen and oxygen atoms in total. The number of carbonyl (C=O) groups is 1. The minimum Gasteiger partial charge on any atom is -0.465 e. The summed E-state index contributed by atoms with van der Waals surface area (Å²) in [7, 11) is 0. The fraction of sp³-hybridized carbons (Fsp3) is 0.500. The second kappa shape index (κ2) is 9.00. The van der Waals surface area contributed by atoms with Crippen molar-refractivity contribution in [3.63, 3.8) is 0 Å². The van der Waals surface area contributed by atoms with Gasteiger partial charge in [0.2, 0.25) is 0 Å². The normalized spacial score (nSPS) is 10.6. The van der Waals surface area contributed by atoms with Gasteiger partial charge in [0, 0.05) is 17.2 Å². The van der Waals surface area contributed by atoms with Gasteiger partial charge in [-0.05, 0) is 25.6 Å². The summed E-state index contributed by atoms with van der Waals surface area (Å²) < 4.78 is 4.95. The van der Waals surface area contributed by atoms with Gasteiger partial charge in [-0.15, -0.1) is 11.8 Å². The molecule has 0 aromatic heterocycles. The van der Waals surface area contributed by atoms with E-state index in [1.54, 1.807) is 0 Å². The van der Waals surface area contributed by atoms with Crippen molar-refractivity contribution in [3.05, 3.63) is 30.3 Å². The van der Waals surface area contributed by atoms with Crippen LogP contribution in [0.1, 0.15) is 13.8 Å². The number of carbonyl (C=O) groups excluding carboxylic acids is 1. The number of likely N-dealkylation sites (N-methyl/N-ethyl adjacent to an activating group) is 1. The third kappa shape index (κ3) is 6.07. The standard InChI is InChI=1S/C14H21NO2S/c1-3-15(12-14(16)17-4-2)10-11-18-13-8-6-5-7-9-13/h5-9H,3-4,10-12H2,1-2H3. The Morgan fingerprint density at radius 2 is 2.00 bits per heavy atom. The number of nitrogens with zero attached hydrogens (tertiary/aromatic N) is 1. The minimum atomic E-state index is -0.135. The fourth-order valence-electron chi connectivity index (χ4n) is 1.55. The highest BCUT2D eigenvalue weighted by Crippen LogP contribution is 2.16. The second-order valence-corrected chi connectivity index (χ2v) is 5.00. The van der Waals surface area contributed by atoms with Crippen LogP contribution in [-0.2, 0) is 9.53 Å². The lowest BCUT2D eigenvalue weighted by molar-refractivity contribution is -0.144. The van der Waals surface area contributed by atoms with Gasteiger partial charge in [0.1, 0.15) is 0 Å². The number of benzene rings is 1. The maximum atomic E-state index is 11.4. The van der Waals surface area contributed by atoms with Crippen LogP contribution in [0.4, 0.5) is 0 Å². The Hall–Kier alpha value is -1.00. The average Bonchev–Trinajstić information content (AvgIpc) is 2.39. The van der Waals surface area contributed by atoms with E-state index in [1.165, 1.54) is 4.90 Å². The van der Waals surface area contributed by atoms with Crippen molar-refractivity contribution >= 4 is 17.7 Å². The molecule has 0 unspecified atom stereocenters. The van der Waals surface area contributed by atoms with E-state index in [0.29, 0.717) is 13.2 Å². The van der Waals surface area contributed by atoms with Gasteiger partial charge in [-0.3, -0.25) is 9.69 Å². The van der Waals surface area contributed by atoms with Crippen LogP contribution < -0.4 is 0 Å². The first-order chi connectivity index (χ1) is 8.76. The Morgan fingerprint density at radius 3 is 2.61 bits per heavy atom. The summed E-state index contributed by atoms with van der Waals surface area (Å²) in [5.41, 5.74) is 0. The molecule has 0 aliphatic rings. The van der Waals surface area contributed by atoms with Crippen molar-refractivity contribution in [1.82, 2.24) is 4.90 Å². The largest absolute Gasteiger partial charge is 0.465 e. The maximum Gasteiger partial charge on any atom is 0.320 e. The summed E-state index contributed by atoms with van der Waals surface area (Å²) >= 11 is 1.81. The van der Waals surface area contributed by atoms with Crippen LogP contribution in [0.5, 0.6) is 0 Å². The van der Waals surface area contributed by atoms with E-state index in [2.05, 4.69) is 24.0 Å². The summed E-state index contributed by atoms with van der Waals surface area (Å²) in [5.74, 6) is 0.848. The SMILES string of the molecule is CCOC(=O)CN(CC)CCSc1ccccc1. The van der Waals surface area contributed by atoms with Gasteiger partial charge >= 0.3 is 5.97 Å². The predicted octanol–water partition coefficient (Wildman–Crippen LogP) is 2.66. The molecular weight excluding hydrogens is 246 g/mol. The van der Waals surface area contributed by atoms with Crippen molar-refractivity contribution in [1.29, 1.82) is 0 Å². The molecule has 18 heavy (non-hydrogen) atoms. The summed E-state index contributed by atoms with van der Waals surface area (Å²) in [6, 6.07) is 10.3. The van der Waals surface area contributed by atoms with E-state index < -0.39 is 0 Å². The fourth-order valence-corrected chi connectivity index (χ4v) is 2.48. The molecule has 0 N–H and O–H groups in total. The molecule has 0 fully saturated rings. The van der Waals surface area contributed by atoms with Crippen molar-refractivity contribution in [2.45, 2.75) is 18.7 Å². The van der Waals surface area contributed by atoms with Gasteiger partial charge < -0.3 is 4.74 Å². The smallest absolute Gasteiger partial charge is 0.320 e. The third-order valence-corrected chi connectivity index (χ3v) is 3.52. The van der Waals surface area contributed by atoms with Gasteiger partial charge in [0.25, 0.3) is 0 Å². The molecule has 0 saturated carbocycles. The zero-order valence-corrected chi connectivity index (χ0v) is 11.9. The topological polar surface area (TPSA) is 29.5 Å². The van der Waals surface area contributed by atoms with Crippen LogP contribution in [0, 0.1) is 0 Å². The van der Waals surface area contributed by atoms with Crippen molar-refractivity contribution in [3.8, 4) is 0 Å². The molecule has 4 heteroatoms. The molecule has 1 aromatic rings. The zero-order valence-electron chi connectivity index (χ0n) is 11.1. The summed E-state index contributed by atoms with van der Waals surface area (Å²) in [6.07, 6.45) is 0. The summed E-state index contributed by atoms with van der Waals surface area (Å²) in [5, 5.41) is 0. The van der Waals surface area contributed by atoms with E-state index in [-0.39, 0.29) is 5.97 Å². The Labute approximate surface area is 114 Å². The minimum absolute atomic E-state index is 0.135. The van der Waals surface area contributed by atoms with Gasteiger partial charge in [-0.2, -0.15) is 0 Å². The van der Waals surface area contributed by atoms with E-state index in [1.807, 2.05) is 36.9 Å². The van der Waals surface area contributed by atoms with Crippen LogP contribution in [0.2, 0.25) is 0 Å². The first-order valence-electron chi connectivity index (χ1n) is 6.32. The Kier molecular flexibility index (Phi) is 7.53. The predicted molar refractivity (Wildman–Crippen MR) is 75.9 cm³/mol. The lowest BCUT2D eigenvalue weighted by Gasteiger charge is -2.18. The summed E-state index contributed by atoms with van der Waals surface area (Å²) in [4.78, 5) is 14.7. The average molecular weight is 267 g/mol. The molecule has 0 bridgehead atoms. The van der Waals surface area contributed by atoms with E-state index in [4.69, 9.17) is 4.74 Å². The summed E-state index contributed by atoms with van der Waals surface area (Å²) in [6.45, 7) is 6.50. The molecule has 0 heterocycles.